The van der Waals surface area contributed by atoms with Gasteiger partial charge in [-0.1, -0.05) is 25.1 Å². The second-order valence-corrected chi connectivity index (χ2v) is 5.43. The van der Waals surface area contributed by atoms with E-state index in [9.17, 15) is 0 Å². The molecular formula is C16H21N3. The van der Waals surface area contributed by atoms with Crippen LogP contribution in [0.3, 0.4) is 0 Å². The Bertz CT molecular complexity index is 520. The van der Waals surface area contributed by atoms with E-state index in [2.05, 4.69) is 35.5 Å². The number of hydrogen-bond acceptors (Lipinski definition) is 2. The first-order valence-corrected chi connectivity index (χ1v) is 7.16. The molecule has 19 heavy (non-hydrogen) atoms. The van der Waals surface area contributed by atoms with Crippen molar-refractivity contribution in [3.63, 3.8) is 0 Å². The van der Waals surface area contributed by atoms with Crippen molar-refractivity contribution in [2.75, 3.05) is 0 Å². The van der Waals surface area contributed by atoms with Crippen LogP contribution in [0.2, 0.25) is 0 Å². The molecule has 1 aliphatic carbocycles. The fourth-order valence-corrected chi connectivity index (χ4v) is 2.72. The number of benzene rings is 1. The van der Waals surface area contributed by atoms with Gasteiger partial charge in [0.25, 0.3) is 0 Å². The average Bonchev–Trinajstić information content (AvgIpc) is 2.88. The largest absolute Gasteiger partial charge is 0.306 e. The van der Waals surface area contributed by atoms with Crippen LogP contribution in [-0.2, 0) is 6.54 Å². The zero-order chi connectivity index (χ0) is 13.1. The molecule has 1 aliphatic rings. The molecule has 0 spiro atoms. The van der Waals surface area contributed by atoms with Crippen molar-refractivity contribution in [3.8, 4) is 5.69 Å². The molecule has 100 valence electrons. The van der Waals surface area contributed by atoms with Crippen LogP contribution < -0.4 is 5.32 Å². The first-order chi connectivity index (χ1) is 9.31. The van der Waals surface area contributed by atoms with Crippen molar-refractivity contribution >= 4 is 0 Å². The van der Waals surface area contributed by atoms with Crippen molar-refractivity contribution < 1.29 is 0 Å². The second-order valence-electron chi connectivity index (χ2n) is 5.43. The van der Waals surface area contributed by atoms with Crippen LogP contribution in [-0.4, -0.2) is 15.3 Å². The van der Waals surface area contributed by atoms with E-state index in [0.717, 1.165) is 17.9 Å². The minimum atomic E-state index is 0.385. The molecule has 0 bridgehead atoms. The molecule has 1 aromatic carbocycles. The third kappa shape index (κ3) is 2.56. The summed E-state index contributed by atoms with van der Waals surface area (Å²) in [4.78, 5) is 0. The van der Waals surface area contributed by atoms with Crippen LogP contribution in [0.1, 0.15) is 38.3 Å². The fraction of sp³-hybridized carbons (Fsp3) is 0.438. The molecule has 0 saturated heterocycles. The third-order valence-electron chi connectivity index (χ3n) is 4.30. The summed E-state index contributed by atoms with van der Waals surface area (Å²) in [7, 11) is 0. The van der Waals surface area contributed by atoms with Gasteiger partial charge in [0.1, 0.15) is 0 Å². The fourth-order valence-electron chi connectivity index (χ4n) is 2.72. The Kier molecular flexibility index (Phi) is 3.38. The van der Waals surface area contributed by atoms with Gasteiger partial charge < -0.3 is 5.32 Å². The predicted molar refractivity (Wildman–Crippen MR) is 77.3 cm³/mol. The molecule has 3 nitrogen and oxygen atoms in total. The van der Waals surface area contributed by atoms with E-state index in [-0.39, 0.29) is 0 Å². The lowest BCUT2D eigenvalue weighted by Crippen LogP contribution is -2.49. The minimum Gasteiger partial charge on any atom is -0.306 e. The highest BCUT2D eigenvalue weighted by Gasteiger charge is 2.34. The van der Waals surface area contributed by atoms with E-state index in [1.165, 1.54) is 25.7 Å². The molecule has 1 heterocycles. The van der Waals surface area contributed by atoms with Crippen LogP contribution in [0.5, 0.6) is 0 Å². The monoisotopic (exact) mass is 255 g/mol. The zero-order valence-corrected chi connectivity index (χ0v) is 11.5. The molecule has 0 amide bonds. The number of rotatable bonds is 5. The molecule has 0 radical (unpaired) electrons. The SMILES string of the molecule is CCC1(NCc2ccn(-c3ccccc3)n2)CCC1. The van der Waals surface area contributed by atoms with Gasteiger partial charge in [-0.25, -0.2) is 4.68 Å². The maximum Gasteiger partial charge on any atom is 0.0767 e. The van der Waals surface area contributed by atoms with Crippen LogP contribution in [0.15, 0.2) is 42.6 Å². The van der Waals surface area contributed by atoms with Gasteiger partial charge in [0, 0.05) is 18.3 Å². The van der Waals surface area contributed by atoms with Crippen LogP contribution >= 0.6 is 0 Å². The lowest BCUT2D eigenvalue weighted by molar-refractivity contribution is 0.174. The molecule has 1 N–H and O–H groups in total. The Hall–Kier alpha value is -1.61. The number of nitrogens with one attached hydrogen (secondary N) is 1. The Morgan fingerprint density at radius 2 is 2.00 bits per heavy atom. The number of nitrogens with zero attached hydrogens (tertiary/aromatic N) is 2. The van der Waals surface area contributed by atoms with Gasteiger partial charge >= 0.3 is 0 Å². The van der Waals surface area contributed by atoms with Gasteiger partial charge in [-0.3, -0.25) is 0 Å². The highest BCUT2D eigenvalue weighted by molar-refractivity contribution is 5.30. The molecule has 1 fully saturated rings. The average molecular weight is 255 g/mol. The topological polar surface area (TPSA) is 29.9 Å². The normalized spacial score (nSPS) is 17.1. The molecule has 0 atom stereocenters. The molecule has 0 aliphatic heterocycles. The van der Waals surface area contributed by atoms with E-state index in [0.29, 0.717) is 5.54 Å². The van der Waals surface area contributed by atoms with Crippen LogP contribution in [0, 0.1) is 0 Å². The van der Waals surface area contributed by atoms with Crippen molar-refractivity contribution in [2.24, 2.45) is 0 Å². The van der Waals surface area contributed by atoms with Crippen molar-refractivity contribution in [1.82, 2.24) is 15.1 Å². The zero-order valence-electron chi connectivity index (χ0n) is 11.5. The van der Waals surface area contributed by atoms with Crippen molar-refractivity contribution in [3.05, 3.63) is 48.3 Å². The summed E-state index contributed by atoms with van der Waals surface area (Å²) >= 11 is 0. The summed E-state index contributed by atoms with van der Waals surface area (Å²) in [5.74, 6) is 0. The molecule has 1 aromatic heterocycles. The highest BCUT2D eigenvalue weighted by Crippen LogP contribution is 2.34. The molecular weight excluding hydrogens is 234 g/mol. The predicted octanol–water partition coefficient (Wildman–Crippen LogP) is 3.29. The van der Waals surface area contributed by atoms with E-state index in [4.69, 9.17) is 0 Å². The Balaban J connectivity index is 1.65. The van der Waals surface area contributed by atoms with E-state index < -0.39 is 0 Å². The van der Waals surface area contributed by atoms with Crippen LogP contribution in [0.4, 0.5) is 0 Å². The standard InChI is InChI=1S/C16H21N3/c1-2-16(10-6-11-16)17-13-14-9-12-19(18-14)15-7-4-3-5-8-15/h3-5,7-9,12,17H,2,6,10-11,13H2,1H3. The summed E-state index contributed by atoms with van der Waals surface area (Å²) in [6.45, 7) is 3.14. The Labute approximate surface area is 114 Å². The Morgan fingerprint density at radius 1 is 1.21 bits per heavy atom. The van der Waals surface area contributed by atoms with Gasteiger partial charge in [0.15, 0.2) is 0 Å². The van der Waals surface area contributed by atoms with Gasteiger partial charge in [-0.15, -0.1) is 0 Å². The van der Waals surface area contributed by atoms with Crippen molar-refractivity contribution in [2.45, 2.75) is 44.7 Å². The van der Waals surface area contributed by atoms with Gasteiger partial charge in [0.2, 0.25) is 0 Å². The second kappa shape index (κ2) is 5.17. The summed E-state index contributed by atoms with van der Waals surface area (Å²) in [5.41, 5.74) is 2.61. The van der Waals surface area contributed by atoms with E-state index in [1.807, 2.05) is 29.1 Å². The number of para-hydroxylation sites is 1. The quantitative estimate of drug-likeness (QED) is 0.888. The van der Waals surface area contributed by atoms with E-state index >= 15 is 0 Å². The minimum absolute atomic E-state index is 0.385. The summed E-state index contributed by atoms with van der Waals surface area (Å²) in [5, 5.41) is 8.32. The third-order valence-corrected chi connectivity index (χ3v) is 4.30. The summed E-state index contributed by atoms with van der Waals surface area (Å²) in [6.07, 6.45) is 7.23. The maximum absolute atomic E-state index is 4.63. The van der Waals surface area contributed by atoms with Crippen molar-refractivity contribution in [1.29, 1.82) is 0 Å². The lowest BCUT2D eigenvalue weighted by Gasteiger charge is -2.42. The summed E-state index contributed by atoms with van der Waals surface area (Å²) < 4.78 is 1.94. The Morgan fingerprint density at radius 3 is 2.63 bits per heavy atom. The number of hydrogen-bond donors (Lipinski definition) is 1. The first-order valence-electron chi connectivity index (χ1n) is 7.16. The maximum atomic E-state index is 4.63. The molecule has 2 aromatic rings. The smallest absolute Gasteiger partial charge is 0.0767 e. The molecule has 1 saturated carbocycles. The van der Waals surface area contributed by atoms with Gasteiger partial charge in [-0.05, 0) is 43.9 Å². The highest BCUT2D eigenvalue weighted by atomic mass is 15.3. The molecule has 0 unspecified atom stereocenters. The van der Waals surface area contributed by atoms with E-state index in [1.54, 1.807) is 0 Å². The molecule has 3 heteroatoms. The van der Waals surface area contributed by atoms with Crippen LogP contribution in [0.25, 0.3) is 5.69 Å². The van der Waals surface area contributed by atoms with Gasteiger partial charge in [0.05, 0.1) is 11.4 Å². The first kappa shape index (κ1) is 12.4. The van der Waals surface area contributed by atoms with Gasteiger partial charge in [-0.2, -0.15) is 5.10 Å². The lowest BCUT2D eigenvalue weighted by atomic mass is 9.75. The summed E-state index contributed by atoms with van der Waals surface area (Å²) in [6, 6.07) is 12.3. The number of aromatic nitrogens is 2. The molecule has 3 rings (SSSR count).